The number of hydrogen-bond donors (Lipinski definition) is 1. The summed E-state index contributed by atoms with van der Waals surface area (Å²) in [5, 5.41) is 2.01. The average molecular weight is 408 g/mol. The number of ketones is 1. The Balaban J connectivity index is 1.80. The summed E-state index contributed by atoms with van der Waals surface area (Å²) in [6.07, 6.45) is 3.02. The smallest absolute Gasteiger partial charge is 0.241 e. The minimum Gasteiger partial charge on any atom is -0.299 e. The molecule has 0 spiro atoms. The largest absolute Gasteiger partial charge is 0.299 e. The summed E-state index contributed by atoms with van der Waals surface area (Å²) in [5.74, 6) is -0.212. The number of carbonyl (C=O) groups is 1. The van der Waals surface area contributed by atoms with Crippen LogP contribution >= 0.6 is 0 Å². The van der Waals surface area contributed by atoms with Gasteiger partial charge >= 0.3 is 0 Å². The maximum absolute atomic E-state index is 13.2. The van der Waals surface area contributed by atoms with E-state index in [4.69, 9.17) is 0 Å². The van der Waals surface area contributed by atoms with Crippen LogP contribution in [-0.2, 0) is 14.8 Å². The fourth-order valence-electron chi connectivity index (χ4n) is 4.20. The zero-order valence-corrected chi connectivity index (χ0v) is 17.3. The Morgan fingerprint density at radius 3 is 2.41 bits per heavy atom. The summed E-state index contributed by atoms with van der Waals surface area (Å²) in [6, 6.07) is 20.0. The Morgan fingerprint density at radius 2 is 1.66 bits per heavy atom. The van der Waals surface area contributed by atoms with Crippen molar-refractivity contribution in [3.8, 4) is 0 Å². The number of nitrogens with one attached hydrogen (secondary N) is 1. The van der Waals surface area contributed by atoms with Crippen LogP contribution < -0.4 is 4.72 Å². The molecule has 1 saturated carbocycles. The van der Waals surface area contributed by atoms with Crippen molar-refractivity contribution < 1.29 is 13.2 Å². The molecule has 3 aromatic rings. The van der Waals surface area contributed by atoms with Gasteiger partial charge in [-0.3, -0.25) is 4.79 Å². The van der Waals surface area contributed by atoms with Crippen LogP contribution in [0.25, 0.3) is 10.8 Å². The highest BCUT2D eigenvalue weighted by Crippen LogP contribution is 2.36. The first kappa shape index (κ1) is 19.8. The molecule has 1 fully saturated rings. The van der Waals surface area contributed by atoms with E-state index in [9.17, 15) is 13.2 Å². The average Bonchev–Trinajstić information content (AvgIpc) is 2.73. The maximum Gasteiger partial charge on any atom is 0.241 e. The van der Waals surface area contributed by atoms with Gasteiger partial charge in [-0.1, -0.05) is 66.6 Å². The van der Waals surface area contributed by atoms with Crippen molar-refractivity contribution in [1.29, 1.82) is 0 Å². The van der Waals surface area contributed by atoms with Gasteiger partial charge in [0.2, 0.25) is 10.0 Å². The summed E-state index contributed by atoms with van der Waals surface area (Å²) < 4.78 is 29.3. The van der Waals surface area contributed by atoms with E-state index < -0.39 is 16.1 Å². The number of carbonyl (C=O) groups excluding carboxylic acids is 1. The van der Waals surface area contributed by atoms with Crippen LogP contribution in [0.5, 0.6) is 0 Å². The molecule has 29 heavy (non-hydrogen) atoms. The lowest BCUT2D eigenvalue weighted by molar-refractivity contribution is -0.125. The standard InChI is InChI=1S/C24H25NO3S/c1-17-13-15-19(16-14-17)29(27,28)25-24(22-10-4-5-12-23(22)26)21-11-6-8-18-7-2-3-9-20(18)21/h2-3,6-9,11,13-16,22,24-25H,4-5,10,12H2,1H3/t22-,24+/m0/s1. The number of hydrogen-bond acceptors (Lipinski definition) is 3. The highest BCUT2D eigenvalue weighted by molar-refractivity contribution is 7.89. The van der Waals surface area contributed by atoms with Gasteiger partial charge in [-0.05, 0) is 48.2 Å². The maximum atomic E-state index is 13.2. The molecule has 4 nitrogen and oxygen atoms in total. The molecule has 1 aliphatic carbocycles. The van der Waals surface area contributed by atoms with E-state index in [1.165, 1.54) is 0 Å². The van der Waals surface area contributed by atoms with Gasteiger partial charge in [0.1, 0.15) is 5.78 Å². The summed E-state index contributed by atoms with van der Waals surface area (Å²) >= 11 is 0. The van der Waals surface area contributed by atoms with Gasteiger partial charge in [0.05, 0.1) is 10.9 Å². The van der Waals surface area contributed by atoms with Crippen molar-refractivity contribution in [3.63, 3.8) is 0 Å². The van der Waals surface area contributed by atoms with Crippen molar-refractivity contribution in [2.24, 2.45) is 5.92 Å². The third kappa shape index (κ3) is 4.11. The number of fused-ring (bicyclic) bond motifs is 1. The number of sulfonamides is 1. The third-order valence-electron chi connectivity index (χ3n) is 5.78. The Kier molecular flexibility index (Phi) is 5.52. The molecule has 0 heterocycles. The number of Topliss-reactive ketones (excluding diaryl/α,β-unsaturated/α-hetero) is 1. The molecular formula is C24H25NO3S. The highest BCUT2D eigenvalue weighted by Gasteiger charge is 2.35. The van der Waals surface area contributed by atoms with Crippen LogP contribution in [0, 0.1) is 12.8 Å². The summed E-state index contributed by atoms with van der Waals surface area (Å²) in [4.78, 5) is 13.0. The van der Waals surface area contributed by atoms with Crippen LogP contribution in [0.1, 0.15) is 42.9 Å². The van der Waals surface area contributed by atoms with Crippen LogP contribution in [-0.4, -0.2) is 14.2 Å². The van der Waals surface area contributed by atoms with Gasteiger partial charge in [-0.15, -0.1) is 0 Å². The molecule has 0 aromatic heterocycles. The topological polar surface area (TPSA) is 63.2 Å². The van der Waals surface area contributed by atoms with Gasteiger partial charge in [0.15, 0.2) is 0 Å². The molecule has 0 bridgehead atoms. The van der Waals surface area contributed by atoms with Gasteiger partial charge in [-0.25, -0.2) is 13.1 Å². The second kappa shape index (κ2) is 8.09. The third-order valence-corrected chi connectivity index (χ3v) is 7.23. The van der Waals surface area contributed by atoms with E-state index in [1.807, 2.05) is 49.4 Å². The molecule has 0 unspecified atom stereocenters. The lowest BCUT2D eigenvalue weighted by Crippen LogP contribution is -2.38. The predicted molar refractivity (Wildman–Crippen MR) is 115 cm³/mol. The van der Waals surface area contributed by atoms with Crippen molar-refractivity contribution in [2.45, 2.75) is 43.5 Å². The van der Waals surface area contributed by atoms with Gasteiger partial charge < -0.3 is 0 Å². The van der Waals surface area contributed by atoms with Crippen molar-refractivity contribution >= 4 is 26.6 Å². The lowest BCUT2D eigenvalue weighted by atomic mass is 9.79. The Labute approximate surface area is 172 Å². The van der Waals surface area contributed by atoms with Crippen molar-refractivity contribution in [1.82, 2.24) is 4.72 Å². The zero-order chi connectivity index (χ0) is 20.4. The Morgan fingerprint density at radius 1 is 0.931 bits per heavy atom. The molecule has 0 amide bonds. The molecular weight excluding hydrogens is 382 g/mol. The Hall–Kier alpha value is -2.50. The molecule has 0 radical (unpaired) electrons. The van der Waals surface area contributed by atoms with Crippen molar-refractivity contribution in [2.75, 3.05) is 0 Å². The molecule has 2 atom stereocenters. The van der Waals surface area contributed by atoms with Crippen LogP contribution in [0.3, 0.4) is 0 Å². The summed E-state index contributed by atoms with van der Waals surface area (Å²) in [5.41, 5.74) is 1.86. The van der Waals surface area contributed by atoms with E-state index in [0.29, 0.717) is 12.8 Å². The van der Waals surface area contributed by atoms with E-state index in [2.05, 4.69) is 4.72 Å². The van der Waals surface area contributed by atoms with Gasteiger partial charge in [-0.2, -0.15) is 0 Å². The molecule has 5 heteroatoms. The molecule has 3 aromatic carbocycles. The monoisotopic (exact) mass is 407 g/mol. The fraction of sp³-hybridized carbons (Fsp3) is 0.292. The normalized spacial score (nSPS) is 18.7. The highest BCUT2D eigenvalue weighted by atomic mass is 32.2. The number of rotatable bonds is 5. The first-order chi connectivity index (χ1) is 14.0. The van der Waals surface area contributed by atoms with E-state index in [-0.39, 0.29) is 16.6 Å². The number of aryl methyl sites for hydroxylation is 1. The molecule has 4 rings (SSSR count). The van der Waals surface area contributed by atoms with Crippen LogP contribution in [0.15, 0.2) is 71.6 Å². The number of benzene rings is 3. The minimum absolute atomic E-state index is 0.140. The molecule has 0 saturated heterocycles. The first-order valence-electron chi connectivity index (χ1n) is 10.0. The van der Waals surface area contributed by atoms with E-state index in [1.54, 1.807) is 24.3 Å². The molecule has 1 aliphatic rings. The molecule has 0 aliphatic heterocycles. The molecule has 1 N–H and O–H groups in total. The summed E-state index contributed by atoms with van der Waals surface area (Å²) in [7, 11) is -3.77. The van der Waals surface area contributed by atoms with E-state index in [0.717, 1.165) is 34.7 Å². The summed E-state index contributed by atoms with van der Waals surface area (Å²) in [6.45, 7) is 1.92. The van der Waals surface area contributed by atoms with Gasteiger partial charge in [0.25, 0.3) is 0 Å². The van der Waals surface area contributed by atoms with E-state index >= 15 is 0 Å². The second-order valence-electron chi connectivity index (χ2n) is 7.80. The lowest BCUT2D eigenvalue weighted by Gasteiger charge is -2.31. The minimum atomic E-state index is -3.77. The quantitative estimate of drug-likeness (QED) is 0.652. The van der Waals surface area contributed by atoms with Crippen LogP contribution in [0.4, 0.5) is 0 Å². The zero-order valence-electron chi connectivity index (χ0n) is 16.5. The van der Waals surface area contributed by atoms with Crippen molar-refractivity contribution in [3.05, 3.63) is 77.9 Å². The van der Waals surface area contributed by atoms with Crippen LogP contribution in [0.2, 0.25) is 0 Å². The second-order valence-corrected chi connectivity index (χ2v) is 9.51. The first-order valence-corrected chi connectivity index (χ1v) is 11.5. The SMILES string of the molecule is Cc1ccc(S(=O)(=O)N[C@H](c2cccc3ccccc23)[C@H]2CCCCC2=O)cc1. The molecule has 150 valence electrons. The fourth-order valence-corrected chi connectivity index (χ4v) is 5.46. The Bertz CT molecular complexity index is 1130. The van der Waals surface area contributed by atoms with Gasteiger partial charge in [0, 0.05) is 12.3 Å². The predicted octanol–water partition coefficient (Wildman–Crippen LogP) is 4.93.